The van der Waals surface area contributed by atoms with Crippen LogP contribution in [0.5, 0.6) is 0 Å². The molecule has 0 nitrogen and oxygen atoms in total. The zero-order valence-corrected chi connectivity index (χ0v) is 35.2. The second-order valence-electron chi connectivity index (χ2n) is 15.0. The zero-order chi connectivity index (χ0) is 32.1. The van der Waals surface area contributed by atoms with Crippen molar-refractivity contribution >= 4 is 37.0 Å². The first-order valence-electron chi connectivity index (χ1n) is 19.0. The molecule has 0 radical (unpaired) electrons. The van der Waals surface area contributed by atoms with Gasteiger partial charge < -0.3 is 0 Å². The average Bonchev–Trinajstić information content (AvgIpc) is 3.39. The van der Waals surface area contributed by atoms with Crippen LogP contribution in [0.3, 0.4) is 0 Å². The van der Waals surface area contributed by atoms with Crippen molar-refractivity contribution in [1.29, 1.82) is 0 Å². The summed E-state index contributed by atoms with van der Waals surface area (Å²) >= 11 is -3.17. The smallest absolute Gasteiger partial charge is 0.147 e. The standard InChI is InChI=1S/2C20H21.C6H10.2ClH.Hf/c2*1-3-6-16-9-11-17(12-10-16)19-8-5-7-18-13-15(4-2)14-20(18)19;1-2-4-6-5-3-1;;;/h2*5,7-14H,3-4,6H2,1-2H3;1-2H,3-6H2;2*1H;. The van der Waals surface area contributed by atoms with Crippen molar-refractivity contribution in [2.24, 2.45) is 0 Å². The molecule has 3 heteroatoms. The molecule has 1 saturated carbocycles. The van der Waals surface area contributed by atoms with E-state index in [0.29, 0.717) is 0 Å². The van der Waals surface area contributed by atoms with Crippen molar-refractivity contribution in [3.63, 3.8) is 0 Å². The Kier molecular flexibility index (Phi) is 11.3. The Labute approximate surface area is 313 Å². The summed E-state index contributed by atoms with van der Waals surface area (Å²) in [5.74, 6) is 0. The van der Waals surface area contributed by atoms with Crippen LogP contribution in [0.4, 0.5) is 0 Å². The summed E-state index contributed by atoms with van der Waals surface area (Å²) in [7, 11) is 0. The number of hydrogen-bond acceptors (Lipinski definition) is 0. The van der Waals surface area contributed by atoms with Crippen molar-refractivity contribution in [3.8, 4) is 22.3 Å². The van der Waals surface area contributed by atoms with Crippen LogP contribution < -0.4 is 0 Å². The molecule has 49 heavy (non-hydrogen) atoms. The summed E-state index contributed by atoms with van der Waals surface area (Å²) in [6, 6.07) is 33.8. The normalized spacial score (nSPS) is 24.5. The zero-order valence-electron chi connectivity index (χ0n) is 29.9. The average molecular weight is 856 g/mol. The van der Waals surface area contributed by atoms with Crippen LogP contribution in [0.25, 0.3) is 34.4 Å². The van der Waals surface area contributed by atoms with E-state index in [4.69, 9.17) is 0 Å². The van der Waals surface area contributed by atoms with Gasteiger partial charge in [-0.05, 0) is 0 Å². The Bertz CT molecular complexity index is 1710. The Morgan fingerprint density at radius 2 is 0.939 bits per heavy atom. The van der Waals surface area contributed by atoms with Crippen LogP contribution >= 0.6 is 24.8 Å². The van der Waals surface area contributed by atoms with Crippen molar-refractivity contribution in [3.05, 3.63) is 129 Å². The number of allylic oxidation sites excluding steroid dienone is 2. The van der Waals surface area contributed by atoms with E-state index >= 15 is 0 Å². The van der Waals surface area contributed by atoms with E-state index in [1.807, 2.05) is 0 Å². The molecule has 2 fully saturated rings. The monoisotopic (exact) mass is 856 g/mol. The second-order valence-corrected chi connectivity index (χ2v) is 31.7. The first-order valence-corrected chi connectivity index (χ1v) is 27.3. The van der Waals surface area contributed by atoms with Gasteiger partial charge in [-0.1, -0.05) is 0 Å². The molecule has 256 valence electrons. The summed E-state index contributed by atoms with van der Waals surface area (Å²) in [5, 5.41) is 0. The minimum absolute atomic E-state index is 0. The van der Waals surface area contributed by atoms with Crippen LogP contribution in [0.2, 0.25) is 7.35 Å². The third-order valence-corrected chi connectivity index (χ3v) is 37.6. The molecule has 0 amide bonds. The predicted molar refractivity (Wildman–Crippen MR) is 214 cm³/mol. The molecule has 3 aliphatic carbocycles. The third-order valence-electron chi connectivity index (χ3n) is 12.7. The maximum absolute atomic E-state index is 3.17. The maximum atomic E-state index is 2.70. The van der Waals surface area contributed by atoms with Gasteiger partial charge in [-0.3, -0.25) is 0 Å². The quantitative estimate of drug-likeness (QED) is 0.139. The van der Waals surface area contributed by atoms with Crippen LogP contribution in [-0.4, -0.2) is 0 Å². The van der Waals surface area contributed by atoms with E-state index in [2.05, 4.69) is 125 Å². The molecule has 4 aliphatic rings. The number of fused-ring (bicyclic) bond motifs is 3. The number of halogens is 2. The van der Waals surface area contributed by atoms with Crippen LogP contribution in [0, 0.1) is 0 Å². The molecule has 1 heterocycles. The van der Waals surface area contributed by atoms with Gasteiger partial charge in [0.15, 0.2) is 0 Å². The van der Waals surface area contributed by atoms with Crippen molar-refractivity contribution in [2.75, 3.05) is 0 Å². The Hall–Kier alpha value is -2.19. The minimum Gasteiger partial charge on any atom is -0.147 e. The molecule has 8 rings (SSSR count). The third kappa shape index (κ3) is 6.02. The summed E-state index contributed by atoms with van der Waals surface area (Å²) in [6.07, 6.45) is 18.4. The van der Waals surface area contributed by atoms with Crippen molar-refractivity contribution in [2.45, 2.75) is 107 Å². The van der Waals surface area contributed by atoms with Gasteiger partial charge in [-0.2, -0.15) is 0 Å². The SMILES string of the molecule is CCCc1ccc(-c2cccc3c2C=C(CC)[CH]3[Hf]2([CH]3C(CC)=Cc4c(-c5ccc(CCC)cc5)cccc43)[CH]3CCCC[CH]32)cc1.Cl.Cl. The summed E-state index contributed by atoms with van der Waals surface area (Å²) < 4.78 is 3.50. The van der Waals surface area contributed by atoms with Gasteiger partial charge in [0.05, 0.1) is 0 Å². The largest absolute Gasteiger partial charge is 0.147 e. The van der Waals surface area contributed by atoms with E-state index in [9.17, 15) is 0 Å². The van der Waals surface area contributed by atoms with Crippen LogP contribution in [0.15, 0.2) is 96.1 Å². The number of benzene rings is 4. The second kappa shape index (κ2) is 15.2. The fraction of sp³-hybridized carbons (Fsp3) is 0.391. The number of aryl methyl sites for hydroxylation is 2. The Morgan fingerprint density at radius 1 is 0.531 bits per heavy atom. The molecule has 0 N–H and O–H groups in total. The molecule has 0 aromatic heterocycles. The van der Waals surface area contributed by atoms with Gasteiger partial charge in [0.2, 0.25) is 0 Å². The van der Waals surface area contributed by atoms with Gasteiger partial charge in [0.1, 0.15) is 0 Å². The van der Waals surface area contributed by atoms with Crippen molar-refractivity contribution in [1.82, 2.24) is 0 Å². The van der Waals surface area contributed by atoms with E-state index in [0.717, 1.165) is 27.5 Å². The molecule has 0 bridgehead atoms. The number of hydrogen-bond donors (Lipinski definition) is 0. The molecule has 4 unspecified atom stereocenters. The fourth-order valence-corrected chi connectivity index (χ4v) is 46.6. The molecular formula is C46H54Cl2Hf. The van der Waals surface area contributed by atoms with E-state index in [1.54, 1.807) is 33.4 Å². The molecule has 1 aliphatic heterocycles. The fourth-order valence-electron chi connectivity index (χ4n) is 10.7. The summed E-state index contributed by atoms with van der Waals surface area (Å²) in [6.45, 7) is 9.47. The first-order chi connectivity index (χ1) is 23.1. The predicted octanol–water partition coefficient (Wildman–Crippen LogP) is 14.5. The number of rotatable bonds is 10. The van der Waals surface area contributed by atoms with Crippen molar-refractivity contribution < 1.29 is 20.0 Å². The topological polar surface area (TPSA) is 0 Å². The van der Waals surface area contributed by atoms with Gasteiger partial charge in [-0.15, -0.1) is 24.8 Å². The van der Waals surface area contributed by atoms with Gasteiger partial charge in [-0.25, -0.2) is 0 Å². The van der Waals surface area contributed by atoms with E-state index in [-0.39, 0.29) is 24.8 Å². The molecule has 4 atom stereocenters. The van der Waals surface area contributed by atoms with Gasteiger partial charge in [0, 0.05) is 0 Å². The molecule has 4 aromatic carbocycles. The van der Waals surface area contributed by atoms with E-state index in [1.165, 1.54) is 84.7 Å². The Morgan fingerprint density at radius 3 is 1.31 bits per heavy atom. The molecule has 4 aromatic rings. The first kappa shape index (κ1) is 36.6. The van der Waals surface area contributed by atoms with E-state index < -0.39 is 20.0 Å². The molecular weight excluding hydrogens is 802 g/mol. The molecule has 0 spiro atoms. The molecule has 1 saturated heterocycles. The minimum atomic E-state index is -3.17. The van der Waals surface area contributed by atoms with Gasteiger partial charge in [0.25, 0.3) is 0 Å². The maximum Gasteiger partial charge on any atom is -0.147 e. The van der Waals surface area contributed by atoms with Gasteiger partial charge >= 0.3 is 290 Å². The van der Waals surface area contributed by atoms with Crippen LogP contribution in [0.1, 0.15) is 120 Å². The Balaban J connectivity index is 0.00000208. The van der Waals surface area contributed by atoms with Crippen LogP contribution in [-0.2, 0) is 32.8 Å². The summed E-state index contributed by atoms with van der Waals surface area (Å²) in [5.41, 5.74) is 18.7. The summed E-state index contributed by atoms with van der Waals surface area (Å²) in [4.78, 5) is 0.